The van der Waals surface area contributed by atoms with Crippen LogP contribution in [0.5, 0.6) is 0 Å². The molecule has 1 aliphatic heterocycles. The SMILES string of the molecule is FC(F)(F)C1(C2=NNC(c3nc(-c4ccccc4Cl)n(-c4ccc(Br)cc4)c3Cn3cncn3)S2)CCC1. The quantitative estimate of drug-likeness (QED) is 0.251. The molecule has 1 fully saturated rings. The van der Waals surface area contributed by atoms with Crippen molar-refractivity contribution in [3.05, 3.63) is 82.1 Å². The van der Waals surface area contributed by atoms with Gasteiger partial charge in [-0.1, -0.05) is 57.8 Å². The Morgan fingerprint density at radius 1 is 1.13 bits per heavy atom. The average molecular weight is 623 g/mol. The van der Waals surface area contributed by atoms with Crippen LogP contribution in [0, 0.1) is 5.41 Å². The van der Waals surface area contributed by atoms with E-state index in [1.165, 1.54) is 6.33 Å². The number of nitrogens with one attached hydrogen (secondary N) is 1. The van der Waals surface area contributed by atoms with Crippen molar-refractivity contribution in [1.82, 2.24) is 29.7 Å². The first kappa shape index (κ1) is 25.4. The highest BCUT2D eigenvalue weighted by Gasteiger charge is 2.63. The highest BCUT2D eigenvalue weighted by Crippen LogP contribution is 2.58. The van der Waals surface area contributed by atoms with Gasteiger partial charge in [-0.3, -0.25) is 9.99 Å². The van der Waals surface area contributed by atoms with E-state index in [1.54, 1.807) is 17.1 Å². The first-order valence-corrected chi connectivity index (χ1v) is 13.8. The fourth-order valence-corrected chi connectivity index (χ4v) is 6.52. The number of hydrazone groups is 1. The van der Waals surface area contributed by atoms with Crippen molar-refractivity contribution in [3.63, 3.8) is 0 Å². The summed E-state index contributed by atoms with van der Waals surface area (Å²) in [6.45, 7) is 0.279. The monoisotopic (exact) mass is 621 g/mol. The van der Waals surface area contributed by atoms with Gasteiger partial charge >= 0.3 is 6.18 Å². The maximum Gasteiger partial charge on any atom is 0.400 e. The molecule has 38 heavy (non-hydrogen) atoms. The van der Waals surface area contributed by atoms with Crippen molar-refractivity contribution in [2.75, 3.05) is 0 Å². The number of alkyl halides is 3. The second-order valence-electron chi connectivity index (χ2n) is 9.13. The fourth-order valence-electron chi connectivity index (χ4n) is 4.76. The molecule has 2 aromatic heterocycles. The molecule has 4 aromatic rings. The first-order chi connectivity index (χ1) is 18.3. The molecule has 0 spiro atoms. The number of halogens is 5. The van der Waals surface area contributed by atoms with Crippen LogP contribution in [0.1, 0.15) is 36.0 Å². The Labute approximate surface area is 233 Å². The minimum atomic E-state index is -4.36. The van der Waals surface area contributed by atoms with E-state index in [0.717, 1.165) is 27.6 Å². The van der Waals surface area contributed by atoms with E-state index in [-0.39, 0.29) is 24.4 Å². The summed E-state index contributed by atoms with van der Waals surface area (Å²) in [6, 6.07) is 15.0. The third-order valence-electron chi connectivity index (χ3n) is 6.90. The predicted octanol–water partition coefficient (Wildman–Crippen LogP) is 6.98. The maximum atomic E-state index is 14.1. The van der Waals surface area contributed by atoms with Crippen molar-refractivity contribution in [3.8, 4) is 17.1 Å². The van der Waals surface area contributed by atoms with Gasteiger partial charge in [0.1, 0.15) is 34.3 Å². The Balaban J connectivity index is 1.50. The summed E-state index contributed by atoms with van der Waals surface area (Å²) in [4.78, 5) is 9.05. The van der Waals surface area contributed by atoms with E-state index in [2.05, 4.69) is 36.5 Å². The molecule has 1 unspecified atom stereocenters. The molecule has 7 nitrogen and oxygen atoms in total. The van der Waals surface area contributed by atoms with Crippen LogP contribution >= 0.6 is 39.3 Å². The molecule has 0 saturated heterocycles. The molecular weight excluding hydrogens is 603 g/mol. The minimum absolute atomic E-state index is 0.0424. The normalized spacial score (nSPS) is 18.7. The van der Waals surface area contributed by atoms with E-state index in [4.69, 9.17) is 16.6 Å². The highest BCUT2D eigenvalue weighted by atomic mass is 79.9. The van der Waals surface area contributed by atoms with Crippen molar-refractivity contribution < 1.29 is 13.2 Å². The van der Waals surface area contributed by atoms with E-state index in [1.807, 2.05) is 47.0 Å². The molecule has 2 aliphatic rings. The van der Waals surface area contributed by atoms with E-state index in [9.17, 15) is 13.2 Å². The van der Waals surface area contributed by atoms with Gasteiger partial charge in [0.25, 0.3) is 0 Å². The molecule has 1 atom stereocenters. The Morgan fingerprint density at radius 3 is 2.53 bits per heavy atom. The number of hydrogen-bond donors (Lipinski definition) is 1. The lowest BCUT2D eigenvalue weighted by Crippen LogP contribution is -2.48. The number of hydrogen-bond acceptors (Lipinski definition) is 6. The van der Waals surface area contributed by atoms with E-state index >= 15 is 0 Å². The van der Waals surface area contributed by atoms with Crippen molar-refractivity contribution in [2.24, 2.45) is 10.5 Å². The van der Waals surface area contributed by atoms with E-state index in [0.29, 0.717) is 28.5 Å². The maximum absolute atomic E-state index is 14.1. The molecule has 196 valence electrons. The van der Waals surface area contributed by atoms with Crippen LogP contribution < -0.4 is 5.43 Å². The second-order valence-corrected chi connectivity index (χ2v) is 11.5. The number of thioether (sulfide) groups is 1. The summed E-state index contributed by atoms with van der Waals surface area (Å²) in [6.07, 6.45) is -0.737. The smallest absolute Gasteiger partial charge is 0.294 e. The summed E-state index contributed by atoms with van der Waals surface area (Å²) in [5, 5.41) is 8.40. The molecule has 0 amide bonds. The van der Waals surface area contributed by atoms with Crippen LogP contribution in [0.2, 0.25) is 5.02 Å². The van der Waals surface area contributed by atoms with Gasteiger partial charge in [-0.05, 0) is 49.2 Å². The van der Waals surface area contributed by atoms with Crippen LogP contribution in [0.15, 0.2) is 70.8 Å². The van der Waals surface area contributed by atoms with Crippen LogP contribution in [0.25, 0.3) is 17.1 Å². The summed E-state index contributed by atoms with van der Waals surface area (Å²) in [5.74, 6) is 0.563. The zero-order valence-corrected chi connectivity index (χ0v) is 22.8. The van der Waals surface area contributed by atoms with Crippen molar-refractivity contribution in [1.29, 1.82) is 0 Å². The second kappa shape index (κ2) is 9.73. The Kier molecular flexibility index (Phi) is 6.51. The van der Waals surface area contributed by atoms with Gasteiger partial charge in [-0.25, -0.2) is 14.6 Å². The fraction of sp³-hybridized carbons (Fsp3) is 0.280. The number of aromatic nitrogens is 5. The summed E-state index contributed by atoms with van der Waals surface area (Å²) < 4.78 is 46.8. The first-order valence-electron chi connectivity index (χ1n) is 11.8. The highest BCUT2D eigenvalue weighted by molar-refractivity contribution is 9.10. The number of nitrogens with zero attached hydrogens (tertiary/aromatic N) is 6. The standard InChI is InChI=1S/C25H20BrClF3N7S/c26-15-6-8-16(9-7-15)37-19(12-36-14-31-13-32-36)20(33-21(37)17-4-1-2-5-18(17)27)22-34-35-23(38-22)24(10-3-11-24)25(28,29)30/h1-2,4-9,13-14,22,34H,3,10-12H2. The molecule has 1 saturated carbocycles. The van der Waals surface area contributed by atoms with Crippen LogP contribution in [0.4, 0.5) is 13.2 Å². The molecule has 3 heterocycles. The molecule has 0 radical (unpaired) electrons. The van der Waals surface area contributed by atoms with Gasteiger partial charge in [0.15, 0.2) is 0 Å². The number of benzene rings is 2. The average Bonchev–Trinajstić information content (AvgIpc) is 3.60. The van der Waals surface area contributed by atoms with Gasteiger partial charge < -0.3 is 0 Å². The minimum Gasteiger partial charge on any atom is -0.294 e. The van der Waals surface area contributed by atoms with Gasteiger partial charge in [0.05, 0.1) is 23.0 Å². The van der Waals surface area contributed by atoms with Crippen LogP contribution in [-0.2, 0) is 6.54 Å². The summed E-state index contributed by atoms with van der Waals surface area (Å²) >= 11 is 11.2. The lowest BCUT2D eigenvalue weighted by atomic mass is 9.69. The van der Waals surface area contributed by atoms with Gasteiger partial charge in [-0.2, -0.15) is 23.4 Å². The van der Waals surface area contributed by atoms with E-state index < -0.39 is 17.0 Å². The molecule has 1 N–H and O–H groups in total. The molecule has 1 aliphatic carbocycles. The Hall–Kier alpha value is -2.83. The zero-order chi connectivity index (χ0) is 26.5. The zero-order valence-electron chi connectivity index (χ0n) is 19.7. The van der Waals surface area contributed by atoms with Crippen LogP contribution in [0.3, 0.4) is 0 Å². The van der Waals surface area contributed by atoms with Gasteiger partial charge in [0.2, 0.25) is 0 Å². The van der Waals surface area contributed by atoms with Gasteiger partial charge in [0, 0.05) is 15.7 Å². The van der Waals surface area contributed by atoms with Gasteiger partial charge in [-0.15, -0.1) is 0 Å². The molecule has 0 bridgehead atoms. The van der Waals surface area contributed by atoms with Crippen LogP contribution in [-0.4, -0.2) is 35.5 Å². The molecular formula is C25H20BrClF3N7S. The molecule has 6 rings (SSSR count). The lowest BCUT2D eigenvalue weighted by molar-refractivity contribution is -0.219. The topological polar surface area (TPSA) is 72.9 Å². The van der Waals surface area contributed by atoms with Crippen molar-refractivity contribution >= 4 is 44.3 Å². The molecule has 2 aromatic carbocycles. The summed E-state index contributed by atoms with van der Waals surface area (Å²) in [7, 11) is 0. The Bertz CT molecular complexity index is 1500. The largest absolute Gasteiger partial charge is 0.400 e. The summed E-state index contributed by atoms with van der Waals surface area (Å²) in [5.41, 5.74) is 3.83. The third-order valence-corrected chi connectivity index (χ3v) is 9.03. The Morgan fingerprint density at radius 2 is 1.89 bits per heavy atom. The number of imidazole rings is 1. The predicted molar refractivity (Wildman–Crippen MR) is 144 cm³/mol. The third kappa shape index (κ3) is 4.32. The molecule has 13 heteroatoms. The number of rotatable bonds is 6. The lowest BCUT2D eigenvalue weighted by Gasteiger charge is -2.42. The van der Waals surface area contributed by atoms with Crippen molar-refractivity contribution in [2.45, 2.75) is 37.4 Å².